The van der Waals surface area contributed by atoms with Crippen molar-refractivity contribution >= 4 is 0 Å². The van der Waals surface area contributed by atoms with Gasteiger partial charge in [0, 0.05) is 49.4 Å². The lowest BCUT2D eigenvalue weighted by atomic mass is 10.0. The summed E-state index contributed by atoms with van der Waals surface area (Å²) in [6, 6.07) is 11.7. The zero-order chi connectivity index (χ0) is 20.8. The zero-order valence-corrected chi connectivity index (χ0v) is 16.3. The van der Waals surface area contributed by atoms with Gasteiger partial charge in [0.1, 0.15) is 11.9 Å². The van der Waals surface area contributed by atoms with Crippen molar-refractivity contribution in [2.45, 2.75) is 24.7 Å². The van der Waals surface area contributed by atoms with Crippen LogP contribution in [0.3, 0.4) is 0 Å². The van der Waals surface area contributed by atoms with Gasteiger partial charge in [-0.1, -0.05) is 6.07 Å². The van der Waals surface area contributed by atoms with Crippen LogP contribution in [0.25, 0.3) is 22.4 Å². The summed E-state index contributed by atoms with van der Waals surface area (Å²) in [6.07, 6.45) is 0.922. The lowest BCUT2D eigenvalue weighted by Gasteiger charge is -2.26. The van der Waals surface area contributed by atoms with Gasteiger partial charge in [-0.25, -0.2) is 4.39 Å². The van der Waals surface area contributed by atoms with Crippen LogP contribution >= 0.6 is 0 Å². The third kappa shape index (κ3) is 3.23. The quantitative estimate of drug-likeness (QED) is 0.689. The highest BCUT2D eigenvalue weighted by Crippen LogP contribution is 2.37. The number of aromatic nitrogens is 3. The highest BCUT2D eigenvalue weighted by Gasteiger charge is 2.50. The Bertz CT molecular complexity index is 1150. The van der Waals surface area contributed by atoms with E-state index < -0.39 is 12.3 Å². The van der Waals surface area contributed by atoms with Crippen molar-refractivity contribution in [3.8, 4) is 34.0 Å². The van der Waals surface area contributed by atoms with Gasteiger partial charge in [0.25, 0.3) is 5.56 Å². The molecule has 3 heterocycles. The highest BCUT2D eigenvalue weighted by molar-refractivity contribution is 5.74. The number of fused-ring (bicyclic) bond motifs is 2. The van der Waals surface area contributed by atoms with Crippen LogP contribution < -0.4 is 15.6 Å². The first kappa shape index (κ1) is 18.7. The summed E-state index contributed by atoms with van der Waals surface area (Å²) in [4.78, 5) is 11.8. The van der Waals surface area contributed by atoms with Crippen LogP contribution in [0.1, 0.15) is 6.42 Å². The summed E-state index contributed by atoms with van der Waals surface area (Å²) in [7, 11) is 1.68. The van der Waals surface area contributed by atoms with Crippen LogP contribution in [0.4, 0.5) is 4.39 Å². The first-order valence-electron chi connectivity index (χ1n) is 9.88. The van der Waals surface area contributed by atoms with Gasteiger partial charge in [0.2, 0.25) is 5.88 Å². The number of ether oxygens (including phenoxy) is 1. The van der Waals surface area contributed by atoms with E-state index in [9.17, 15) is 14.3 Å². The van der Waals surface area contributed by atoms with E-state index in [-0.39, 0.29) is 29.1 Å². The number of phenolic OH excluding ortho intramolecular Hbond substituents is 1. The smallest absolute Gasteiger partial charge is 0.250 e. The second-order valence-corrected chi connectivity index (χ2v) is 7.89. The van der Waals surface area contributed by atoms with Crippen molar-refractivity contribution in [2.75, 3.05) is 6.54 Å². The summed E-state index contributed by atoms with van der Waals surface area (Å²) in [5.41, 5.74) is 2.30. The van der Waals surface area contributed by atoms with Crippen LogP contribution in [0.15, 0.2) is 53.5 Å². The predicted molar refractivity (Wildman–Crippen MR) is 109 cm³/mol. The Balaban J connectivity index is 1.35. The largest absolute Gasteiger partial charge is 0.507 e. The van der Waals surface area contributed by atoms with Crippen molar-refractivity contribution in [2.24, 2.45) is 13.0 Å². The van der Waals surface area contributed by atoms with Gasteiger partial charge in [0.15, 0.2) is 6.17 Å². The van der Waals surface area contributed by atoms with Gasteiger partial charge in [-0.3, -0.25) is 4.79 Å². The van der Waals surface area contributed by atoms with E-state index in [0.717, 1.165) is 24.1 Å². The van der Waals surface area contributed by atoms with Crippen LogP contribution in [0.2, 0.25) is 0 Å². The minimum absolute atomic E-state index is 0.0270. The first-order chi connectivity index (χ1) is 14.5. The fourth-order valence-corrected chi connectivity index (χ4v) is 4.26. The van der Waals surface area contributed by atoms with E-state index in [0.29, 0.717) is 11.3 Å². The molecule has 8 heteroatoms. The summed E-state index contributed by atoms with van der Waals surface area (Å²) < 4.78 is 21.5. The number of aromatic hydroxyl groups is 1. The molecule has 1 aliphatic carbocycles. The Morgan fingerprint density at radius 2 is 2.00 bits per heavy atom. The number of aryl methyl sites for hydroxylation is 1. The predicted octanol–water partition coefficient (Wildman–Crippen LogP) is 2.29. The van der Waals surface area contributed by atoms with E-state index in [1.807, 2.05) is 12.1 Å². The molecule has 1 saturated heterocycles. The molecule has 0 unspecified atom stereocenters. The number of hydrogen-bond donors (Lipinski definition) is 2. The van der Waals surface area contributed by atoms with Crippen molar-refractivity contribution < 1.29 is 14.2 Å². The molecule has 1 aromatic carbocycles. The maximum Gasteiger partial charge on any atom is 0.250 e. The molecule has 5 rings (SSSR count). The molecular weight excluding hydrogens is 387 g/mol. The average Bonchev–Trinajstić information content (AvgIpc) is 3.34. The molecule has 30 heavy (non-hydrogen) atoms. The number of phenols is 1. The topological polar surface area (TPSA) is 89.3 Å². The fraction of sp³-hybridized carbons (Fsp3) is 0.318. The summed E-state index contributed by atoms with van der Waals surface area (Å²) in [5.74, 6) is 0.451. The van der Waals surface area contributed by atoms with Crippen LogP contribution in [0.5, 0.6) is 11.6 Å². The maximum atomic E-state index is 14.3. The van der Waals surface area contributed by atoms with Crippen molar-refractivity contribution in [3.05, 3.63) is 59.0 Å². The molecule has 4 atom stereocenters. The minimum atomic E-state index is -1.04. The van der Waals surface area contributed by atoms with Gasteiger partial charge in [-0.2, -0.15) is 0 Å². The molecule has 2 fully saturated rings. The van der Waals surface area contributed by atoms with E-state index in [1.54, 1.807) is 37.5 Å². The normalized spacial score (nSPS) is 24.9. The van der Waals surface area contributed by atoms with Gasteiger partial charge in [-0.05, 0) is 41.8 Å². The first-order valence-corrected chi connectivity index (χ1v) is 9.88. The number of halogens is 1. The molecule has 1 saturated carbocycles. The Labute approximate surface area is 172 Å². The number of hydrogen-bond acceptors (Lipinski definition) is 6. The van der Waals surface area contributed by atoms with Crippen LogP contribution in [0, 0.1) is 5.92 Å². The Hall–Kier alpha value is -3.26. The third-order valence-electron chi connectivity index (χ3n) is 5.97. The Morgan fingerprint density at radius 3 is 2.67 bits per heavy atom. The minimum Gasteiger partial charge on any atom is -0.507 e. The summed E-state index contributed by atoms with van der Waals surface area (Å²) in [6.45, 7) is 0.759. The lowest BCUT2D eigenvalue weighted by Crippen LogP contribution is -2.46. The number of nitrogens with zero attached hydrogens (tertiary/aromatic N) is 3. The van der Waals surface area contributed by atoms with Gasteiger partial charge in [0.05, 0.1) is 5.69 Å². The molecule has 2 bridgehead atoms. The molecule has 0 spiro atoms. The molecule has 0 amide bonds. The summed E-state index contributed by atoms with van der Waals surface area (Å²) >= 11 is 0. The van der Waals surface area contributed by atoms with Gasteiger partial charge >= 0.3 is 0 Å². The van der Waals surface area contributed by atoms with E-state index in [1.165, 1.54) is 10.6 Å². The molecule has 3 aromatic rings. The number of benzene rings is 1. The Morgan fingerprint density at radius 1 is 1.17 bits per heavy atom. The zero-order valence-electron chi connectivity index (χ0n) is 16.3. The molecule has 7 nitrogen and oxygen atoms in total. The number of pyridine rings is 1. The number of rotatable bonds is 4. The van der Waals surface area contributed by atoms with Gasteiger partial charge < -0.3 is 19.7 Å². The standard InChI is InChI=1S/C22H21FN4O3/c1-27-7-6-13(10-20(27)29)12-2-3-15(18(28)9-12)16-4-5-19(26-25-16)30-22-14-8-17(21(22)23)24-11-14/h2-7,9-10,14,17,21-22,24,28H,8,11H2,1H3/t14-,17-,21-,22-/m1/s1. The maximum absolute atomic E-state index is 14.3. The monoisotopic (exact) mass is 408 g/mol. The van der Waals surface area contributed by atoms with Crippen molar-refractivity contribution in [3.63, 3.8) is 0 Å². The second-order valence-electron chi connectivity index (χ2n) is 7.89. The number of alkyl halides is 1. The Kier molecular flexibility index (Phi) is 4.51. The SMILES string of the molecule is Cn1ccc(-c2ccc(-c3ccc(O[C@@H]4[C@H]5CN[C@H](C5)[C@H]4F)nn3)c(O)c2)cc1=O. The van der Waals surface area contributed by atoms with E-state index in [4.69, 9.17) is 4.74 Å². The van der Waals surface area contributed by atoms with Crippen molar-refractivity contribution in [1.29, 1.82) is 0 Å². The highest BCUT2D eigenvalue weighted by atomic mass is 19.1. The average molecular weight is 408 g/mol. The lowest BCUT2D eigenvalue weighted by molar-refractivity contribution is 0.0615. The molecule has 154 valence electrons. The fourth-order valence-electron chi connectivity index (χ4n) is 4.26. The molecule has 2 aromatic heterocycles. The molecule has 1 aliphatic heterocycles. The van der Waals surface area contributed by atoms with Crippen LogP contribution in [-0.4, -0.2) is 44.7 Å². The van der Waals surface area contributed by atoms with Crippen LogP contribution in [-0.2, 0) is 7.05 Å². The van der Waals surface area contributed by atoms with E-state index >= 15 is 0 Å². The summed E-state index contributed by atoms with van der Waals surface area (Å²) in [5, 5.41) is 21.8. The third-order valence-corrected chi connectivity index (χ3v) is 5.97. The molecular formula is C22H21FN4O3. The molecule has 0 radical (unpaired) electrons. The van der Waals surface area contributed by atoms with Crippen molar-refractivity contribution in [1.82, 2.24) is 20.1 Å². The molecule has 2 aliphatic rings. The second kappa shape index (κ2) is 7.21. The number of nitrogens with one attached hydrogen (secondary N) is 1. The molecule has 2 N–H and O–H groups in total. The van der Waals surface area contributed by atoms with E-state index in [2.05, 4.69) is 15.5 Å². The number of piperidine rings is 1. The van der Waals surface area contributed by atoms with Gasteiger partial charge in [-0.15, -0.1) is 10.2 Å².